The van der Waals surface area contributed by atoms with Crippen molar-refractivity contribution in [2.24, 2.45) is 0 Å². The van der Waals surface area contributed by atoms with Gasteiger partial charge in [-0.15, -0.1) is 0 Å². The van der Waals surface area contributed by atoms with Crippen LogP contribution in [0.15, 0.2) is 18.2 Å². The van der Waals surface area contributed by atoms with Crippen LogP contribution in [-0.2, 0) is 9.47 Å². The van der Waals surface area contributed by atoms with E-state index in [-0.39, 0.29) is 23.2 Å². The molecule has 1 heterocycles. The summed E-state index contributed by atoms with van der Waals surface area (Å²) < 4.78 is 10.4. The zero-order valence-corrected chi connectivity index (χ0v) is 14.5. The van der Waals surface area contributed by atoms with Crippen LogP contribution in [-0.4, -0.2) is 56.3 Å². The lowest BCUT2D eigenvalue weighted by molar-refractivity contribution is 0.0936. The van der Waals surface area contributed by atoms with Crippen LogP contribution >= 0.6 is 0 Å². The number of amides is 2. The minimum atomic E-state index is -0.294. The van der Waals surface area contributed by atoms with E-state index in [4.69, 9.17) is 9.47 Å². The van der Waals surface area contributed by atoms with Crippen molar-refractivity contribution in [3.63, 3.8) is 0 Å². The summed E-state index contributed by atoms with van der Waals surface area (Å²) in [6, 6.07) is 4.82. The van der Waals surface area contributed by atoms with Gasteiger partial charge in [0.25, 0.3) is 11.8 Å². The molecule has 24 heavy (non-hydrogen) atoms. The minimum absolute atomic E-state index is 0.230. The highest BCUT2D eigenvalue weighted by Gasteiger charge is 2.11. The number of aromatic nitrogens is 1. The van der Waals surface area contributed by atoms with Crippen molar-refractivity contribution in [3.05, 3.63) is 29.6 Å². The topological polar surface area (TPSA) is 89.5 Å². The molecule has 7 nitrogen and oxygen atoms in total. The van der Waals surface area contributed by atoms with Crippen LogP contribution in [0.3, 0.4) is 0 Å². The smallest absolute Gasteiger partial charge is 0.269 e. The molecule has 134 valence electrons. The van der Waals surface area contributed by atoms with E-state index >= 15 is 0 Å². The van der Waals surface area contributed by atoms with E-state index < -0.39 is 0 Å². The largest absolute Gasteiger partial charge is 0.382 e. The number of pyridine rings is 1. The third kappa shape index (κ3) is 8.03. The van der Waals surface area contributed by atoms with Crippen LogP contribution in [0.4, 0.5) is 0 Å². The Kier molecular flexibility index (Phi) is 10.4. The normalized spacial score (nSPS) is 10.4. The molecule has 2 amide bonds. The Morgan fingerprint density at radius 3 is 1.79 bits per heavy atom. The number of hydrogen-bond acceptors (Lipinski definition) is 5. The summed E-state index contributed by atoms with van der Waals surface area (Å²) in [7, 11) is 0. The van der Waals surface area contributed by atoms with Crippen LogP contribution in [0.2, 0.25) is 0 Å². The van der Waals surface area contributed by atoms with Crippen LogP contribution in [0.5, 0.6) is 0 Å². The van der Waals surface area contributed by atoms with Crippen molar-refractivity contribution in [2.75, 3.05) is 39.5 Å². The highest BCUT2D eigenvalue weighted by Crippen LogP contribution is 2.00. The van der Waals surface area contributed by atoms with Gasteiger partial charge in [-0.25, -0.2) is 4.98 Å². The van der Waals surface area contributed by atoms with Gasteiger partial charge in [0.2, 0.25) is 0 Å². The van der Waals surface area contributed by atoms with E-state index in [0.29, 0.717) is 39.5 Å². The number of carbonyl (C=O) groups is 2. The maximum atomic E-state index is 12.0. The molecule has 0 atom stereocenters. The zero-order chi connectivity index (χ0) is 17.6. The van der Waals surface area contributed by atoms with Crippen LogP contribution in [0.1, 0.15) is 47.7 Å². The quantitative estimate of drug-likeness (QED) is 0.563. The van der Waals surface area contributed by atoms with E-state index in [1.807, 2.05) is 13.8 Å². The second-order valence-corrected chi connectivity index (χ2v) is 5.02. The summed E-state index contributed by atoms with van der Waals surface area (Å²) in [5.74, 6) is -0.588. The first kappa shape index (κ1) is 20.1. The third-order valence-electron chi connectivity index (χ3n) is 3.12. The lowest BCUT2D eigenvalue weighted by Gasteiger charge is -2.07. The summed E-state index contributed by atoms with van der Waals surface area (Å²) >= 11 is 0. The molecule has 0 aliphatic rings. The lowest BCUT2D eigenvalue weighted by Crippen LogP contribution is -2.29. The predicted octanol–water partition coefficient (Wildman–Crippen LogP) is 1.39. The molecule has 2 N–H and O–H groups in total. The van der Waals surface area contributed by atoms with Gasteiger partial charge in [0, 0.05) is 39.5 Å². The molecule has 0 aromatic carbocycles. The number of nitrogens with zero attached hydrogens (tertiary/aromatic N) is 1. The van der Waals surface area contributed by atoms with Gasteiger partial charge in [-0.2, -0.15) is 0 Å². The van der Waals surface area contributed by atoms with Crippen molar-refractivity contribution in [3.8, 4) is 0 Å². The molecule has 0 aliphatic heterocycles. The maximum Gasteiger partial charge on any atom is 0.269 e. The molecule has 0 fully saturated rings. The monoisotopic (exact) mass is 337 g/mol. The maximum absolute atomic E-state index is 12.0. The van der Waals surface area contributed by atoms with Crippen molar-refractivity contribution in [1.29, 1.82) is 0 Å². The molecule has 0 saturated heterocycles. The molecule has 0 spiro atoms. The Labute approximate surface area is 143 Å². The zero-order valence-electron chi connectivity index (χ0n) is 14.5. The Balaban J connectivity index is 2.41. The van der Waals surface area contributed by atoms with Gasteiger partial charge >= 0.3 is 0 Å². The van der Waals surface area contributed by atoms with Gasteiger partial charge in [-0.3, -0.25) is 9.59 Å². The molecule has 1 aromatic rings. The van der Waals surface area contributed by atoms with Gasteiger partial charge in [0.1, 0.15) is 11.4 Å². The predicted molar refractivity (Wildman–Crippen MR) is 91.1 cm³/mol. The molecule has 1 aromatic heterocycles. The highest BCUT2D eigenvalue weighted by atomic mass is 16.5. The fraction of sp³-hybridized carbons (Fsp3) is 0.588. The Morgan fingerprint density at radius 1 is 0.917 bits per heavy atom. The van der Waals surface area contributed by atoms with Crippen LogP contribution in [0, 0.1) is 0 Å². The number of hydrogen-bond donors (Lipinski definition) is 2. The van der Waals surface area contributed by atoms with Gasteiger partial charge < -0.3 is 20.1 Å². The third-order valence-corrected chi connectivity index (χ3v) is 3.12. The Morgan fingerprint density at radius 2 is 1.38 bits per heavy atom. The molecule has 1 rings (SSSR count). The van der Waals surface area contributed by atoms with Crippen molar-refractivity contribution >= 4 is 11.8 Å². The van der Waals surface area contributed by atoms with Crippen LogP contribution < -0.4 is 10.6 Å². The van der Waals surface area contributed by atoms with Gasteiger partial charge in [-0.05, 0) is 38.8 Å². The number of ether oxygens (including phenoxy) is 2. The summed E-state index contributed by atoms with van der Waals surface area (Å²) in [5.41, 5.74) is 0.460. The van der Waals surface area contributed by atoms with Gasteiger partial charge in [0.15, 0.2) is 0 Å². The first-order valence-electron chi connectivity index (χ1n) is 8.38. The molecular formula is C17H27N3O4. The first-order chi connectivity index (χ1) is 11.7. The summed E-state index contributed by atoms with van der Waals surface area (Å²) in [6.45, 7) is 7.41. The SMILES string of the molecule is CCOCCCNC(=O)c1cccc(C(=O)NCCCOCC)n1. The average molecular weight is 337 g/mol. The van der Waals surface area contributed by atoms with Gasteiger partial charge in [-0.1, -0.05) is 6.07 Å². The van der Waals surface area contributed by atoms with E-state index in [0.717, 1.165) is 12.8 Å². The first-order valence-corrected chi connectivity index (χ1v) is 8.38. The van der Waals surface area contributed by atoms with Crippen molar-refractivity contribution in [2.45, 2.75) is 26.7 Å². The standard InChI is InChI=1S/C17H27N3O4/c1-3-23-12-6-10-18-16(21)14-8-5-9-15(20-14)17(22)19-11-7-13-24-4-2/h5,8-9H,3-4,6-7,10-13H2,1-2H3,(H,18,21)(H,19,22). The Hall–Kier alpha value is -1.99. The van der Waals surface area contributed by atoms with Crippen LogP contribution in [0.25, 0.3) is 0 Å². The summed E-state index contributed by atoms with van der Waals surface area (Å²) in [5, 5.41) is 5.52. The van der Waals surface area contributed by atoms with E-state index in [2.05, 4.69) is 15.6 Å². The molecule has 7 heteroatoms. The Bertz CT molecular complexity index is 467. The van der Waals surface area contributed by atoms with Gasteiger partial charge in [0.05, 0.1) is 0 Å². The molecule has 0 unspecified atom stereocenters. The van der Waals surface area contributed by atoms with E-state index in [1.54, 1.807) is 18.2 Å². The molecular weight excluding hydrogens is 310 g/mol. The summed E-state index contributed by atoms with van der Waals surface area (Å²) in [6.07, 6.45) is 1.47. The average Bonchev–Trinajstić information content (AvgIpc) is 2.61. The fourth-order valence-corrected chi connectivity index (χ4v) is 1.91. The second kappa shape index (κ2) is 12.4. The van der Waals surface area contributed by atoms with E-state index in [9.17, 15) is 9.59 Å². The minimum Gasteiger partial charge on any atom is -0.382 e. The highest BCUT2D eigenvalue weighted by molar-refractivity contribution is 5.96. The second-order valence-electron chi connectivity index (χ2n) is 5.02. The molecule has 0 bridgehead atoms. The number of rotatable bonds is 12. The molecule has 0 aliphatic carbocycles. The molecule has 0 radical (unpaired) electrons. The summed E-state index contributed by atoms with van der Waals surface area (Å²) in [4.78, 5) is 28.2. The molecule has 0 saturated carbocycles. The number of carbonyl (C=O) groups excluding carboxylic acids is 2. The van der Waals surface area contributed by atoms with E-state index in [1.165, 1.54) is 0 Å². The van der Waals surface area contributed by atoms with Crippen molar-refractivity contribution in [1.82, 2.24) is 15.6 Å². The fourth-order valence-electron chi connectivity index (χ4n) is 1.91. The lowest BCUT2D eigenvalue weighted by atomic mass is 10.2. The number of nitrogens with one attached hydrogen (secondary N) is 2. The van der Waals surface area contributed by atoms with Crippen molar-refractivity contribution < 1.29 is 19.1 Å².